The fourth-order valence-electron chi connectivity index (χ4n) is 2.74. The normalized spacial score (nSPS) is 25.4. The van der Waals surface area contributed by atoms with Gasteiger partial charge in [-0.15, -0.1) is 0 Å². The van der Waals surface area contributed by atoms with Crippen LogP contribution >= 0.6 is 0 Å². The van der Waals surface area contributed by atoms with E-state index in [4.69, 9.17) is 5.73 Å². The summed E-state index contributed by atoms with van der Waals surface area (Å²) < 4.78 is 0. The van der Waals surface area contributed by atoms with Crippen molar-refractivity contribution in [2.75, 3.05) is 20.1 Å². The van der Waals surface area contributed by atoms with E-state index in [0.717, 1.165) is 18.9 Å². The summed E-state index contributed by atoms with van der Waals surface area (Å²) in [5.74, 6) is 0.867. The lowest BCUT2D eigenvalue weighted by Gasteiger charge is -2.29. The Morgan fingerprint density at radius 2 is 2.12 bits per heavy atom. The van der Waals surface area contributed by atoms with E-state index in [0.29, 0.717) is 6.04 Å². The summed E-state index contributed by atoms with van der Waals surface area (Å²) in [7, 11) is 2.24. The number of nitrogens with two attached hydrogens (primary N) is 1. The lowest BCUT2D eigenvalue weighted by Crippen LogP contribution is -2.33. The molecule has 17 heavy (non-hydrogen) atoms. The van der Waals surface area contributed by atoms with E-state index in [2.05, 4.69) is 29.2 Å². The number of hydrogen-bond donors (Lipinski definition) is 2. The number of aromatic nitrogens is 1. The van der Waals surface area contributed by atoms with E-state index in [1.54, 1.807) is 0 Å². The minimum absolute atomic E-state index is 0.469. The third kappa shape index (κ3) is 4.17. The highest BCUT2D eigenvalue weighted by molar-refractivity contribution is 5.08. The Morgan fingerprint density at radius 3 is 2.76 bits per heavy atom. The Labute approximate surface area is 104 Å². The standard InChI is InChI=1S/C14H25N3/c1-17(9-7-12-6-8-16-10-12)11-13-2-4-14(15)5-3-13/h6,8,10,13-14,16H,2-5,7,9,11,15H2,1H3. The van der Waals surface area contributed by atoms with Gasteiger partial charge in [-0.2, -0.15) is 0 Å². The minimum atomic E-state index is 0.469. The maximum Gasteiger partial charge on any atom is 0.00390 e. The van der Waals surface area contributed by atoms with Crippen molar-refractivity contribution >= 4 is 0 Å². The van der Waals surface area contributed by atoms with Crippen molar-refractivity contribution in [3.63, 3.8) is 0 Å². The molecule has 3 heteroatoms. The zero-order valence-electron chi connectivity index (χ0n) is 10.9. The van der Waals surface area contributed by atoms with Crippen LogP contribution < -0.4 is 5.73 Å². The number of likely N-dealkylation sites (N-methyl/N-ethyl adjacent to an activating group) is 1. The van der Waals surface area contributed by atoms with Crippen molar-refractivity contribution in [1.29, 1.82) is 0 Å². The molecule has 0 spiro atoms. The first-order valence-corrected chi connectivity index (χ1v) is 6.80. The molecule has 1 saturated carbocycles. The number of rotatable bonds is 5. The molecule has 0 unspecified atom stereocenters. The highest BCUT2D eigenvalue weighted by Crippen LogP contribution is 2.23. The van der Waals surface area contributed by atoms with Crippen LogP contribution in [-0.2, 0) is 6.42 Å². The van der Waals surface area contributed by atoms with E-state index < -0.39 is 0 Å². The van der Waals surface area contributed by atoms with Gasteiger partial charge in [-0.1, -0.05) is 0 Å². The average molecular weight is 235 g/mol. The van der Waals surface area contributed by atoms with Gasteiger partial charge in [-0.05, 0) is 56.7 Å². The number of nitrogens with zero attached hydrogens (tertiary/aromatic N) is 1. The van der Waals surface area contributed by atoms with Gasteiger partial charge in [0, 0.05) is 31.5 Å². The molecule has 1 aromatic heterocycles. The van der Waals surface area contributed by atoms with Crippen LogP contribution in [-0.4, -0.2) is 36.1 Å². The Hall–Kier alpha value is -0.800. The Balaban J connectivity index is 1.65. The van der Waals surface area contributed by atoms with Gasteiger partial charge in [0.1, 0.15) is 0 Å². The molecule has 3 nitrogen and oxygen atoms in total. The molecule has 1 heterocycles. The molecule has 1 aliphatic carbocycles. The first-order chi connectivity index (χ1) is 8.24. The quantitative estimate of drug-likeness (QED) is 0.820. The summed E-state index contributed by atoms with van der Waals surface area (Å²) in [5, 5.41) is 0. The predicted molar refractivity (Wildman–Crippen MR) is 71.9 cm³/mol. The second-order valence-corrected chi connectivity index (χ2v) is 5.51. The number of nitrogens with one attached hydrogen (secondary N) is 1. The molecule has 0 saturated heterocycles. The van der Waals surface area contributed by atoms with Crippen molar-refractivity contribution in [2.45, 2.75) is 38.1 Å². The van der Waals surface area contributed by atoms with Gasteiger partial charge in [0.15, 0.2) is 0 Å². The van der Waals surface area contributed by atoms with Gasteiger partial charge in [-0.25, -0.2) is 0 Å². The van der Waals surface area contributed by atoms with Crippen molar-refractivity contribution < 1.29 is 0 Å². The van der Waals surface area contributed by atoms with Crippen molar-refractivity contribution in [3.05, 3.63) is 24.0 Å². The lowest BCUT2D eigenvalue weighted by molar-refractivity contribution is 0.225. The molecular formula is C14H25N3. The molecular weight excluding hydrogens is 210 g/mol. The zero-order chi connectivity index (χ0) is 12.1. The molecule has 2 rings (SSSR count). The maximum absolute atomic E-state index is 5.93. The molecule has 1 fully saturated rings. The number of H-pyrrole nitrogens is 1. The minimum Gasteiger partial charge on any atom is -0.367 e. The first kappa shape index (κ1) is 12.7. The third-order valence-electron chi connectivity index (χ3n) is 3.91. The topological polar surface area (TPSA) is 45.0 Å². The van der Waals surface area contributed by atoms with Crippen LogP contribution in [0.4, 0.5) is 0 Å². The van der Waals surface area contributed by atoms with Gasteiger partial charge in [-0.3, -0.25) is 0 Å². The van der Waals surface area contributed by atoms with Crippen molar-refractivity contribution in [3.8, 4) is 0 Å². The van der Waals surface area contributed by atoms with Gasteiger partial charge in [0.25, 0.3) is 0 Å². The Morgan fingerprint density at radius 1 is 1.35 bits per heavy atom. The molecule has 0 aliphatic heterocycles. The summed E-state index contributed by atoms with van der Waals surface area (Å²) in [6, 6.07) is 2.63. The summed E-state index contributed by atoms with van der Waals surface area (Å²) in [5.41, 5.74) is 7.34. The molecule has 0 aromatic carbocycles. The van der Waals surface area contributed by atoms with E-state index in [1.165, 1.54) is 37.8 Å². The molecule has 1 aliphatic rings. The van der Waals surface area contributed by atoms with Crippen LogP contribution in [0.25, 0.3) is 0 Å². The largest absolute Gasteiger partial charge is 0.367 e. The second kappa shape index (κ2) is 6.22. The highest BCUT2D eigenvalue weighted by Gasteiger charge is 2.19. The number of aromatic amines is 1. The number of hydrogen-bond acceptors (Lipinski definition) is 2. The van der Waals surface area contributed by atoms with Crippen molar-refractivity contribution in [2.24, 2.45) is 11.7 Å². The molecule has 3 N–H and O–H groups in total. The second-order valence-electron chi connectivity index (χ2n) is 5.51. The molecule has 0 bridgehead atoms. The zero-order valence-corrected chi connectivity index (χ0v) is 10.9. The van der Waals surface area contributed by atoms with Gasteiger partial charge in [0.05, 0.1) is 0 Å². The van der Waals surface area contributed by atoms with Gasteiger partial charge >= 0.3 is 0 Å². The fourth-order valence-corrected chi connectivity index (χ4v) is 2.74. The highest BCUT2D eigenvalue weighted by atomic mass is 15.1. The van der Waals surface area contributed by atoms with Crippen LogP contribution in [0.5, 0.6) is 0 Å². The smallest absolute Gasteiger partial charge is 0.00390 e. The summed E-state index contributed by atoms with van der Waals surface area (Å²) >= 11 is 0. The van der Waals surface area contributed by atoms with Gasteiger partial charge < -0.3 is 15.6 Å². The van der Waals surface area contributed by atoms with E-state index >= 15 is 0 Å². The SMILES string of the molecule is CN(CCc1cc[nH]c1)CC1CCC(N)CC1. The molecule has 0 atom stereocenters. The van der Waals surface area contributed by atoms with Gasteiger partial charge in [0.2, 0.25) is 0 Å². The Bertz CT molecular complexity index is 299. The summed E-state index contributed by atoms with van der Waals surface area (Å²) in [4.78, 5) is 5.57. The van der Waals surface area contributed by atoms with Crippen LogP contribution in [0.15, 0.2) is 18.5 Å². The molecule has 1 aromatic rings. The Kier molecular flexibility index (Phi) is 4.63. The summed E-state index contributed by atoms with van der Waals surface area (Å²) in [6.45, 7) is 2.39. The molecule has 96 valence electrons. The summed E-state index contributed by atoms with van der Waals surface area (Å²) in [6.07, 6.45) is 10.3. The average Bonchev–Trinajstić information content (AvgIpc) is 2.83. The van der Waals surface area contributed by atoms with Crippen LogP contribution in [0.3, 0.4) is 0 Å². The molecule has 0 radical (unpaired) electrons. The lowest BCUT2D eigenvalue weighted by atomic mass is 9.86. The maximum atomic E-state index is 5.93. The predicted octanol–water partition coefficient (Wildman–Crippen LogP) is 2.01. The molecule has 0 amide bonds. The first-order valence-electron chi connectivity index (χ1n) is 6.80. The van der Waals surface area contributed by atoms with E-state index in [1.807, 2.05) is 6.20 Å². The fraction of sp³-hybridized carbons (Fsp3) is 0.714. The third-order valence-corrected chi connectivity index (χ3v) is 3.91. The van der Waals surface area contributed by atoms with Crippen molar-refractivity contribution in [1.82, 2.24) is 9.88 Å². The van der Waals surface area contributed by atoms with Crippen LogP contribution in [0.1, 0.15) is 31.2 Å². The van der Waals surface area contributed by atoms with Crippen LogP contribution in [0.2, 0.25) is 0 Å². The van der Waals surface area contributed by atoms with E-state index in [9.17, 15) is 0 Å². The monoisotopic (exact) mass is 235 g/mol. The van der Waals surface area contributed by atoms with E-state index in [-0.39, 0.29) is 0 Å². The van der Waals surface area contributed by atoms with Crippen LogP contribution in [0, 0.1) is 5.92 Å².